The third kappa shape index (κ3) is 7.17. The summed E-state index contributed by atoms with van der Waals surface area (Å²) in [7, 11) is 5.29. The molecule has 0 aliphatic rings. The zero-order valence-electron chi connectivity index (χ0n) is 14.9. The Hall–Kier alpha value is -2.04. The van der Waals surface area contributed by atoms with E-state index in [1.54, 1.807) is 26.0 Å². The molecular weight excluding hydrogens is 288 g/mol. The van der Waals surface area contributed by atoms with Gasteiger partial charge in [-0.05, 0) is 24.1 Å². The molecule has 0 radical (unpaired) electrons. The van der Waals surface area contributed by atoms with Crippen molar-refractivity contribution in [3.05, 3.63) is 35.4 Å². The monoisotopic (exact) mass is 318 g/mol. The summed E-state index contributed by atoms with van der Waals surface area (Å²) < 4.78 is 0. The smallest absolute Gasteiger partial charge is 0.253 e. The molecule has 0 saturated carbocycles. The van der Waals surface area contributed by atoms with Gasteiger partial charge in [-0.1, -0.05) is 38.3 Å². The van der Waals surface area contributed by atoms with Crippen LogP contribution in [-0.2, 0) is 6.54 Å². The second-order valence-corrected chi connectivity index (χ2v) is 5.81. The van der Waals surface area contributed by atoms with Crippen LogP contribution in [0.1, 0.15) is 48.5 Å². The minimum absolute atomic E-state index is 0.0223. The Bertz CT molecular complexity index is 494. The fourth-order valence-corrected chi connectivity index (χ4v) is 2.19. The van der Waals surface area contributed by atoms with E-state index in [-0.39, 0.29) is 5.91 Å². The third-order valence-electron chi connectivity index (χ3n) is 3.61. The Morgan fingerprint density at radius 1 is 1.09 bits per heavy atom. The number of benzene rings is 1. The number of hydrogen-bond donors (Lipinski definition) is 2. The van der Waals surface area contributed by atoms with E-state index in [1.165, 1.54) is 19.3 Å². The van der Waals surface area contributed by atoms with Crippen molar-refractivity contribution in [2.45, 2.75) is 39.2 Å². The fourth-order valence-electron chi connectivity index (χ4n) is 2.19. The molecule has 0 aliphatic heterocycles. The van der Waals surface area contributed by atoms with Crippen LogP contribution in [0.4, 0.5) is 0 Å². The predicted octanol–water partition coefficient (Wildman–Crippen LogP) is 2.63. The Morgan fingerprint density at radius 3 is 2.35 bits per heavy atom. The van der Waals surface area contributed by atoms with E-state index in [4.69, 9.17) is 0 Å². The Labute approximate surface area is 140 Å². The lowest BCUT2D eigenvalue weighted by Crippen LogP contribution is -2.37. The van der Waals surface area contributed by atoms with Gasteiger partial charge in [0.05, 0.1) is 0 Å². The highest BCUT2D eigenvalue weighted by atomic mass is 16.2. The van der Waals surface area contributed by atoms with Crippen LogP contribution in [0.2, 0.25) is 0 Å². The Balaban J connectivity index is 2.39. The number of nitrogens with one attached hydrogen (secondary N) is 2. The first kappa shape index (κ1) is 19.0. The molecule has 5 heteroatoms. The van der Waals surface area contributed by atoms with Crippen LogP contribution in [0.5, 0.6) is 0 Å². The van der Waals surface area contributed by atoms with Crippen LogP contribution in [0, 0.1) is 0 Å². The molecule has 0 bridgehead atoms. The Morgan fingerprint density at radius 2 is 1.78 bits per heavy atom. The topological polar surface area (TPSA) is 56.7 Å². The highest BCUT2D eigenvalue weighted by molar-refractivity contribution is 5.93. The van der Waals surface area contributed by atoms with Crippen molar-refractivity contribution in [3.63, 3.8) is 0 Å². The lowest BCUT2D eigenvalue weighted by atomic mass is 10.1. The van der Waals surface area contributed by atoms with Crippen molar-refractivity contribution < 1.29 is 4.79 Å². The largest absolute Gasteiger partial charge is 0.356 e. The minimum atomic E-state index is 0.0223. The Kier molecular flexibility index (Phi) is 8.80. The second kappa shape index (κ2) is 10.6. The summed E-state index contributed by atoms with van der Waals surface area (Å²) in [5.41, 5.74) is 1.83. The average Bonchev–Trinajstić information content (AvgIpc) is 2.57. The molecular formula is C18H30N4O. The van der Waals surface area contributed by atoms with Crippen molar-refractivity contribution in [1.29, 1.82) is 0 Å². The quantitative estimate of drug-likeness (QED) is 0.440. The van der Waals surface area contributed by atoms with Crippen LogP contribution < -0.4 is 10.6 Å². The number of amides is 1. The molecule has 0 aromatic heterocycles. The van der Waals surface area contributed by atoms with E-state index >= 15 is 0 Å². The molecule has 1 aromatic carbocycles. The first-order valence-electron chi connectivity index (χ1n) is 8.33. The maximum absolute atomic E-state index is 11.8. The van der Waals surface area contributed by atoms with E-state index < -0.39 is 0 Å². The van der Waals surface area contributed by atoms with Gasteiger partial charge in [0.1, 0.15) is 0 Å². The fraction of sp³-hybridized carbons (Fsp3) is 0.556. The van der Waals surface area contributed by atoms with E-state index in [9.17, 15) is 4.79 Å². The van der Waals surface area contributed by atoms with E-state index in [2.05, 4.69) is 22.5 Å². The van der Waals surface area contributed by atoms with Gasteiger partial charge in [-0.2, -0.15) is 0 Å². The minimum Gasteiger partial charge on any atom is -0.356 e. The molecule has 0 heterocycles. The summed E-state index contributed by atoms with van der Waals surface area (Å²) in [6, 6.07) is 7.66. The van der Waals surface area contributed by atoms with Gasteiger partial charge in [-0.25, -0.2) is 0 Å². The van der Waals surface area contributed by atoms with Gasteiger partial charge in [0, 0.05) is 39.8 Å². The summed E-state index contributed by atoms with van der Waals surface area (Å²) in [6.07, 6.45) is 4.95. The maximum atomic E-state index is 11.8. The standard InChI is InChI=1S/C18H30N4O/c1-5-6-7-8-13-20-18(19-2)21-14-15-9-11-16(12-10-15)17(23)22(3)4/h9-12H,5-8,13-14H2,1-4H3,(H2,19,20,21). The van der Waals surface area contributed by atoms with Gasteiger partial charge in [0.2, 0.25) is 0 Å². The summed E-state index contributed by atoms with van der Waals surface area (Å²) in [5.74, 6) is 0.837. The van der Waals surface area contributed by atoms with E-state index in [0.717, 1.165) is 24.5 Å². The maximum Gasteiger partial charge on any atom is 0.253 e. The van der Waals surface area contributed by atoms with Gasteiger partial charge in [-0.3, -0.25) is 9.79 Å². The molecule has 0 unspecified atom stereocenters. The summed E-state index contributed by atoms with van der Waals surface area (Å²) in [4.78, 5) is 17.6. The molecule has 23 heavy (non-hydrogen) atoms. The van der Waals surface area contributed by atoms with Crippen LogP contribution in [0.3, 0.4) is 0 Å². The normalized spacial score (nSPS) is 11.2. The molecule has 128 valence electrons. The van der Waals surface area contributed by atoms with E-state index in [0.29, 0.717) is 12.1 Å². The van der Waals surface area contributed by atoms with Gasteiger partial charge >= 0.3 is 0 Å². The molecule has 2 N–H and O–H groups in total. The molecule has 1 aromatic rings. The molecule has 0 saturated heterocycles. The van der Waals surface area contributed by atoms with Crippen molar-refractivity contribution in [1.82, 2.24) is 15.5 Å². The number of nitrogens with zero attached hydrogens (tertiary/aromatic N) is 2. The van der Waals surface area contributed by atoms with Gasteiger partial charge in [-0.15, -0.1) is 0 Å². The summed E-state index contributed by atoms with van der Waals surface area (Å²) in [6.45, 7) is 3.84. The number of carbonyl (C=O) groups excluding carboxylic acids is 1. The van der Waals surface area contributed by atoms with Gasteiger partial charge < -0.3 is 15.5 Å². The molecule has 0 spiro atoms. The SMILES string of the molecule is CCCCCCNC(=NC)NCc1ccc(C(=O)N(C)C)cc1. The molecule has 0 atom stereocenters. The van der Waals surface area contributed by atoms with Crippen molar-refractivity contribution in [2.24, 2.45) is 4.99 Å². The molecule has 0 aliphatic carbocycles. The molecule has 0 fully saturated rings. The summed E-state index contributed by atoms with van der Waals surface area (Å²) >= 11 is 0. The molecule has 5 nitrogen and oxygen atoms in total. The van der Waals surface area contributed by atoms with Crippen LogP contribution in [0.25, 0.3) is 0 Å². The van der Waals surface area contributed by atoms with Crippen molar-refractivity contribution >= 4 is 11.9 Å². The highest BCUT2D eigenvalue weighted by Crippen LogP contribution is 2.06. The first-order chi connectivity index (χ1) is 11.1. The lowest BCUT2D eigenvalue weighted by Gasteiger charge is -2.13. The number of hydrogen-bond acceptors (Lipinski definition) is 2. The van der Waals surface area contributed by atoms with Crippen molar-refractivity contribution in [3.8, 4) is 0 Å². The first-order valence-corrected chi connectivity index (χ1v) is 8.33. The number of unbranched alkanes of at least 4 members (excludes halogenated alkanes) is 3. The van der Waals surface area contributed by atoms with E-state index in [1.807, 2.05) is 24.3 Å². The zero-order valence-corrected chi connectivity index (χ0v) is 14.9. The highest BCUT2D eigenvalue weighted by Gasteiger charge is 2.07. The number of guanidine groups is 1. The predicted molar refractivity (Wildman–Crippen MR) is 96.8 cm³/mol. The van der Waals surface area contributed by atoms with Crippen LogP contribution >= 0.6 is 0 Å². The summed E-state index contributed by atoms with van der Waals surface area (Å²) in [5, 5.41) is 6.61. The van der Waals surface area contributed by atoms with Gasteiger partial charge in [0.25, 0.3) is 5.91 Å². The van der Waals surface area contributed by atoms with Crippen LogP contribution in [0.15, 0.2) is 29.3 Å². The van der Waals surface area contributed by atoms with Crippen LogP contribution in [-0.4, -0.2) is 44.5 Å². The molecule has 1 amide bonds. The molecule has 1 rings (SSSR count). The van der Waals surface area contributed by atoms with Crippen molar-refractivity contribution in [2.75, 3.05) is 27.7 Å². The lowest BCUT2D eigenvalue weighted by molar-refractivity contribution is 0.0827. The zero-order chi connectivity index (χ0) is 17.1. The number of aliphatic imine (C=N–C) groups is 1. The third-order valence-corrected chi connectivity index (χ3v) is 3.61. The second-order valence-electron chi connectivity index (χ2n) is 5.81. The number of carbonyl (C=O) groups is 1. The number of rotatable bonds is 8. The average molecular weight is 318 g/mol. The van der Waals surface area contributed by atoms with Gasteiger partial charge in [0.15, 0.2) is 5.96 Å².